The van der Waals surface area contributed by atoms with Gasteiger partial charge in [-0.1, -0.05) is 42.5 Å². The highest BCUT2D eigenvalue weighted by molar-refractivity contribution is 7.47. The minimum absolute atomic E-state index is 0.219. The van der Waals surface area contributed by atoms with Crippen LogP contribution in [-0.4, -0.2) is 23.1 Å². The minimum Gasteiger partial charge on any atom is -0.404 e. The van der Waals surface area contributed by atoms with Crippen molar-refractivity contribution >= 4 is 24.3 Å². The van der Waals surface area contributed by atoms with Gasteiger partial charge in [-0.2, -0.15) is 5.26 Å². The van der Waals surface area contributed by atoms with Crippen LogP contribution in [-0.2, 0) is 9.09 Å². The van der Waals surface area contributed by atoms with Gasteiger partial charge in [-0.3, -0.25) is 9.42 Å². The van der Waals surface area contributed by atoms with Crippen LogP contribution in [0.5, 0.6) is 5.75 Å². The lowest BCUT2D eigenvalue weighted by molar-refractivity contribution is 0.105. The van der Waals surface area contributed by atoms with Gasteiger partial charge in [0.05, 0.1) is 17.7 Å². The molecule has 0 radical (unpaired) electrons. The monoisotopic (exact) mass is 434 g/mol. The third-order valence-electron chi connectivity index (χ3n) is 6.24. The number of para-hydroxylation sites is 1. The molecule has 3 aromatic carbocycles. The van der Waals surface area contributed by atoms with Crippen molar-refractivity contribution in [1.82, 2.24) is 0 Å². The SMILES string of the molecule is N#Cc1ccc(N2[C@@H]3CC[C@H]2C[C@@H](OP(=O)(O)Oc2ccccc2)C3)c2ccccc12. The number of phosphoric acid groups is 1. The molecule has 2 fully saturated rings. The summed E-state index contributed by atoms with van der Waals surface area (Å²) >= 11 is 0. The zero-order valence-corrected chi connectivity index (χ0v) is 17.8. The fourth-order valence-corrected chi connectivity index (χ4v) is 6.02. The molecule has 2 bridgehead atoms. The van der Waals surface area contributed by atoms with E-state index in [9.17, 15) is 14.7 Å². The molecule has 2 aliphatic heterocycles. The number of nitrogens with zero attached hydrogens (tertiary/aromatic N) is 2. The van der Waals surface area contributed by atoms with E-state index in [0.717, 1.165) is 29.3 Å². The van der Waals surface area contributed by atoms with E-state index >= 15 is 0 Å². The lowest BCUT2D eigenvalue weighted by Gasteiger charge is -2.41. The smallest absolute Gasteiger partial charge is 0.404 e. The van der Waals surface area contributed by atoms with Crippen molar-refractivity contribution in [3.05, 3.63) is 72.3 Å². The first-order valence-electron chi connectivity index (χ1n) is 10.5. The van der Waals surface area contributed by atoms with Crippen LogP contribution < -0.4 is 9.42 Å². The molecule has 6 nitrogen and oxygen atoms in total. The summed E-state index contributed by atoms with van der Waals surface area (Å²) < 4.78 is 23.4. The Bertz CT molecular complexity index is 1180. The van der Waals surface area contributed by atoms with Gasteiger partial charge in [0, 0.05) is 28.5 Å². The quantitative estimate of drug-likeness (QED) is 0.541. The highest BCUT2D eigenvalue weighted by Gasteiger charge is 2.44. The van der Waals surface area contributed by atoms with E-state index in [2.05, 4.69) is 17.0 Å². The summed E-state index contributed by atoms with van der Waals surface area (Å²) in [5, 5.41) is 11.5. The van der Waals surface area contributed by atoms with E-state index < -0.39 is 7.82 Å². The van der Waals surface area contributed by atoms with Gasteiger partial charge in [0.25, 0.3) is 0 Å². The van der Waals surface area contributed by atoms with Crippen molar-refractivity contribution in [1.29, 1.82) is 5.26 Å². The largest absolute Gasteiger partial charge is 0.527 e. The molecule has 7 heteroatoms. The number of nitriles is 1. The van der Waals surface area contributed by atoms with Gasteiger partial charge in [0.15, 0.2) is 0 Å². The van der Waals surface area contributed by atoms with E-state index in [1.54, 1.807) is 24.3 Å². The Morgan fingerprint density at radius 3 is 2.26 bits per heavy atom. The van der Waals surface area contributed by atoms with Crippen LogP contribution in [0.3, 0.4) is 0 Å². The van der Waals surface area contributed by atoms with Crippen LogP contribution in [0, 0.1) is 11.3 Å². The molecule has 1 unspecified atom stereocenters. The van der Waals surface area contributed by atoms with Crippen molar-refractivity contribution in [2.75, 3.05) is 4.90 Å². The van der Waals surface area contributed by atoms with Crippen LogP contribution in [0.4, 0.5) is 5.69 Å². The first-order chi connectivity index (χ1) is 15.0. The van der Waals surface area contributed by atoms with Crippen LogP contribution in [0.1, 0.15) is 31.2 Å². The Morgan fingerprint density at radius 2 is 1.58 bits per heavy atom. The molecule has 5 rings (SSSR count). The van der Waals surface area contributed by atoms with Gasteiger partial charge in [-0.15, -0.1) is 0 Å². The van der Waals surface area contributed by atoms with E-state index in [0.29, 0.717) is 24.2 Å². The summed E-state index contributed by atoms with van der Waals surface area (Å²) in [6.07, 6.45) is 3.00. The van der Waals surface area contributed by atoms with E-state index in [1.165, 1.54) is 0 Å². The van der Waals surface area contributed by atoms with Crippen molar-refractivity contribution in [2.24, 2.45) is 0 Å². The number of benzene rings is 3. The van der Waals surface area contributed by atoms with Crippen molar-refractivity contribution in [3.8, 4) is 11.8 Å². The zero-order valence-electron chi connectivity index (χ0n) is 16.9. The van der Waals surface area contributed by atoms with Gasteiger partial charge in [-0.05, 0) is 49.9 Å². The zero-order chi connectivity index (χ0) is 21.4. The Hall–Kier alpha value is -2.84. The van der Waals surface area contributed by atoms with Gasteiger partial charge in [0.1, 0.15) is 5.75 Å². The molecule has 3 aromatic rings. The molecule has 1 N–H and O–H groups in total. The second-order valence-electron chi connectivity index (χ2n) is 8.15. The maximum absolute atomic E-state index is 12.5. The first kappa shape index (κ1) is 20.1. The van der Waals surface area contributed by atoms with Crippen molar-refractivity contribution in [3.63, 3.8) is 0 Å². The Kier molecular flexibility index (Phi) is 5.19. The maximum atomic E-state index is 12.5. The summed E-state index contributed by atoms with van der Waals surface area (Å²) in [6.45, 7) is 0. The molecular formula is C24H23N2O4P. The molecule has 31 heavy (non-hydrogen) atoms. The maximum Gasteiger partial charge on any atom is 0.527 e. The molecule has 0 amide bonds. The molecule has 0 aromatic heterocycles. The second-order valence-corrected chi connectivity index (χ2v) is 9.48. The lowest BCUT2D eigenvalue weighted by atomic mass is 9.96. The van der Waals surface area contributed by atoms with Gasteiger partial charge in [0.2, 0.25) is 0 Å². The summed E-state index contributed by atoms with van der Waals surface area (Å²) in [5.41, 5.74) is 1.79. The van der Waals surface area contributed by atoms with E-state index in [1.807, 2.05) is 36.4 Å². The highest BCUT2D eigenvalue weighted by atomic mass is 31.2. The van der Waals surface area contributed by atoms with E-state index in [-0.39, 0.29) is 18.2 Å². The first-order valence-corrected chi connectivity index (χ1v) is 12.0. The van der Waals surface area contributed by atoms with Crippen molar-refractivity contribution in [2.45, 2.75) is 43.9 Å². The Labute approximate surface area is 181 Å². The van der Waals surface area contributed by atoms with Crippen LogP contribution in [0.25, 0.3) is 10.8 Å². The number of hydrogen-bond donors (Lipinski definition) is 1. The van der Waals surface area contributed by atoms with Crippen molar-refractivity contribution < 1.29 is 18.5 Å². The number of piperidine rings is 1. The standard InChI is InChI=1S/C24H23N2O4P/c25-16-17-10-13-24(23-9-5-4-8-22(17)23)26-18-11-12-19(26)15-21(14-18)30-31(27,28)29-20-6-2-1-3-7-20/h1-10,13,18-19,21H,11-12,14-15H2,(H,27,28)/t18-,19+,21+. The number of fused-ring (bicyclic) bond motifs is 3. The molecule has 158 valence electrons. The molecule has 0 saturated carbocycles. The number of hydrogen-bond acceptors (Lipinski definition) is 5. The Morgan fingerprint density at radius 1 is 0.935 bits per heavy atom. The van der Waals surface area contributed by atoms with Crippen LogP contribution in [0.15, 0.2) is 66.7 Å². The number of phosphoric ester groups is 1. The fourth-order valence-electron chi connectivity index (χ4n) is 5.04. The van der Waals surface area contributed by atoms with Gasteiger partial charge >= 0.3 is 7.82 Å². The summed E-state index contributed by atoms with van der Waals surface area (Å²) in [5.74, 6) is 0.317. The second kappa shape index (κ2) is 8.01. The fraction of sp³-hybridized carbons (Fsp3) is 0.292. The molecule has 2 aliphatic rings. The molecule has 0 aliphatic carbocycles. The van der Waals surface area contributed by atoms with Gasteiger partial charge < -0.3 is 9.42 Å². The topological polar surface area (TPSA) is 82.8 Å². The molecule has 2 heterocycles. The highest BCUT2D eigenvalue weighted by Crippen LogP contribution is 2.50. The summed E-state index contributed by atoms with van der Waals surface area (Å²) in [6, 6.07) is 23.2. The number of rotatable bonds is 5. The lowest BCUT2D eigenvalue weighted by Crippen LogP contribution is -2.45. The van der Waals surface area contributed by atoms with Crippen LogP contribution in [0.2, 0.25) is 0 Å². The molecule has 0 spiro atoms. The van der Waals surface area contributed by atoms with E-state index in [4.69, 9.17) is 9.05 Å². The Balaban J connectivity index is 1.36. The molecule has 4 atom stereocenters. The minimum atomic E-state index is -4.20. The van der Waals surface area contributed by atoms with Crippen LogP contribution >= 0.6 is 7.82 Å². The van der Waals surface area contributed by atoms with Gasteiger partial charge in [-0.25, -0.2) is 4.57 Å². The predicted octanol–water partition coefficient (Wildman–Crippen LogP) is 5.41. The molecule has 2 saturated heterocycles. The summed E-state index contributed by atoms with van der Waals surface area (Å²) in [4.78, 5) is 12.7. The average Bonchev–Trinajstić information content (AvgIpc) is 3.03. The predicted molar refractivity (Wildman–Crippen MR) is 119 cm³/mol. The third kappa shape index (κ3) is 3.93. The average molecular weight is 434 g/mol. The number of anilines is 1. The normalized spacial score (nSPS) is 24.5. The molecular weight excluding hydrogens is 411 g/mol. The summed E-state index contributed by atoms with van der Waals surface area (Å²) in [7, 11) is -4.20. The third-order valence-corrected chi connectivity index (χ3v) is 7.24.